The molecule has 25 heavy (non-hydrogen) atoms. The van der Waals surface area contributed by atoms with E-state index in [0.717, 1.165) is 25.9 Å². The van der Waals surface area contributed by atoms with Crippen LogP contribution in [0.15, 0.2) is 23.1 Å². The highest BCUT2D eigenvalue weighted by atomic mass is 35.5. The molecule has 0 radical (unpaired) electrons. The van der Waals surface area contributed by atoms with Gasteiger partial charge in [-0.3, -0.25) is 0 Å². The molecular weight excluding hydrogens is 364 g/mol. The van der Waals surface area contributed by atoms with E-state index in [0.29, 0.717) is 37.0 Å². The van der Waals surface area contributed by atoms with Crippen LogP contribution < -0.4 is 10.1 Å². The second-order valence-corrected chi connectivity index (χ2v) is 8.85. The van der Waals surface area contributed by atoms with E-state index in [-0.39, 0.29) is 17.0 Å². The summed E-state index contributed by atoms with van der Waals surface area (Å²) >= 11 is 6.07. The van der Waals surface area contributed by atoms with Crippen LogP contribution in [0.2, 0.25) is 5.02 Å². The fraction of sp³-hybridized carbons (Fsp3) is 0.647. The Morgan fingerprint density at radius 2 is 2.24 bits per heavy atom. The summed E-state index contributed by atoms with van der Waals surface area (Å²) in [7, 11) is -3.67. The number of nitrogens with one attached hydrogen (secondary N) is 1. The molecule has 2 fully saturated rings. The zero-order chi connectivity index (χ0) is 17.9. The molecule has 0 saturated carbocycles. The molecule has 3 rings (SSSR count). The molecular formula is C17H25ClN2O4S. The molecule has 0 amide bonds. The lowest BCUT2D eigenvalue weighted by molar-refractivity contribution is -0.0116. The third kappa shape index (κ3) is 4.46. The largest absolute Gasteiger partial charge is 0.489 e. The highest BCUT2D eigenvalue weighted by Crippen LogP contribution is 2.31. The standard InChI is InChI=1S/C17H25ClN2O4S/c1-13-11-19-7-8-20(13)25(21,22)17-10-14(18)5-6-16(17)24-12-15-4-2-3-9-23-15/h5-6,10,13,15,19H,2-4,7-9,11-12H2,1H3. The molecule has 1 N–H and O–H groups in total. The van der Waals surface area contributed by atoms with E-state index in [9.17, 15) is 8.42 Å². The normalized spacial score (nSPS) is 25.7. The summed E-state index contributed by atoms with van der Waals surface area (Å²) < 4.78 is 39.3. The molecule has 1 aromatic rings. The third-order valence-electron chi connectivity index (χ3n) is 4.63. The summed E-state index contributed by atoms with van der Waals surface area (Å²) in [5.41, 5.74) is 0. The van der Waals surface area contributed by atoms with Gasteiger partial charge in [-0.2, -0.15) is 4.31 Å². The van der Waals surface area contributed by atoms with Crippen molar-refractivity contribution in [2.45, 2.75) is 43.2 Å². The first-order valence-electron chi connectivity index (χ1n) is 8.75. The monoisotopic (exact) mass is 388 g/mol. The van der Waals surface area contributed by atoms with Gasteiger partial charge in [0, 0.05) is 37.3 Å². The van der Waals surface area contributed by atoms with Gasteiger partial charge in [-0.1, -0.05) is 11.6 Å². The van der Waals surface area contributed by atoms with Gasteiger partial charge in [-0.05, 0) is 44.4 Å². The van der Waals surface area contributed by atoms with E-state index in [2.05, 4.69) is 5.32 Å². The molecule has 0 aromatic heterocycles. The highest BCUT2D eigenvalue weighted by Gasteiger charge is 2.33. The van der Waals surface area contributed by atoms with E-state index in [1.807, 2.05) is 6.92 Å². The maximum absolute atomic E-state index is 13.2. The zero-order valence-electron chi connectivity index (χ0n) is 14.4. The number of nitrogens with zero attached hydrogens (tertiary/aromatic N) is 1. The number of halogens is 1. The molecule has 0 spiro atoms. The van der Waals surface area contributed by atoms with Crippen LogP contribution in [-0.4, -0.2) is 57.7 Å². The summed E-state index contributed by atoms with van der Waals surface area (Å²) in [6, 6.07) is 4.64. The minimum absolute atomic E-state index is 0.0121. The fourth-order valence-electron chi connectivity index (χ4n) is 3.23. The second-order valence-electron chi connectivity index (χ2n) is 6.56. The summed E-state index contributed by atoms with van der Waals surface area (Å²) in [5, 5.41) is 3.58. The van der Waals surface area contributed by atoms with Crippen LogP contribution in [0.5, 0.6) is 5.75 Å². The van der Waals surface area contributed by atoms with Crippen molar-refractivity contribution >= 4 is 21.6 Å². The van der Waals surface area contributed by atoms with Crippen molar-refractivity contribution in [3.05, 3.63) is 23.2 Å². The van der Waals surface area contributed by atoms with Crippen LogP contribution in [0.25, 0.3) is 0 Å². The first kappa shape index (κ1) is 18.9. The van der Waals surface area contributed by atoms with Crippen LogP contribution in [0.3, 0.4) is 0 Å². The van der Waals surface area contributed by atoms with E-state index in [1.54, 1.807) is 12.1 Å². The van der Waals surface area contributed by atoms with Crippen molar-refractivity contribution in [1.29, 1.82) is 0 Å². The number of hydrogen-bond donors (Lipinski definition) is 1. The summed E-state index contributed by atoms with van der Waals surface area (Å²) in [4.78, 5) is 0.129. The Morgan fingerprint density at radius 3 is 2.96 bits per heavy atom. The molecule has 6 nitrogen and oxygen atoms in total. The van der Waals surface area contributed by atoms with Gasteiger partial charge in [0.15, 0.2) is 0 Å². The van der Waals surface area contributed by atoms with Crippen molar-refractivity contribution in [3.63, 3.8) is 0 Å². The van der Waals surface area contributed by atoms with Crippen molar-refractivity contribution in [3.8, 4) is 5.75 Å². The number of rotatable bonds is 5. The number of piperazine rings is 1. The Labute approximate surface area is 154 Å². The topological polar surface area (TPSA) is 67.9 Å². The average molecular weight is 389 g/mol. The lowest BCUT2D eigenvalue weighted by Crippen LogP contribution is -2.52. The van der Waals surface area contributed by atoms with Crippen LogP contribution in [-0.2, 0) is 14.8 Å². The molecule has 0 bridgehead atoms. The average Bonchev–Trinajstić information content (AvgIpc) is 2.61. The van der Waals surface area contributed by atoms with Gasteiger partial charge >= 0.3 is 0 Å². The zero-order valence-corrected chi connectivity index (χ0v) is 16.0. The van der Waals surface area contributed by atoms with Crippen LogP contribution >= 0.6 is 11.6 Å². The Morgan fingerprint density at radius 1 is 1.40 bits per heavy atom. The minimum atomic E-state index is -3.67. The first-order chi connectivity index (χ1) is 12.0. The van der Waals surface area contributed by atoms with E-state index < -0.39 is 10.0 Å². The van der Waals surface area contributed by atoms with Gasteiger partial charge in [0.2, 0.25) is 10.0 Å². The Hall–Kier alpha value is -0.860. The van der Waals surface area contributed by atoms with Crippen molar-refractivity contribution < 1.29 is 17.9 Å². The molecule has 2 atom stereocenters. The third-order valence-corrected chi connectivity index (χ3v) is 6.90. The molecule has 8 heteroatoms. The summed E-state index contributed by atoms with van der Waals surface area (Å²) in [6.45, 7) is 4.67. The van der Waals surface area contributed by atoms with Gasteiger partial charge in [-0.15, -0.1) is 0 Å². The van der Waals surface area contributed by atoms with Gasteiger partial charge in [-0.25, -0.2) is 8.42 Å². The second kappa shape index (κ2) is 8.22. The lowest BCUT2D eigenvalue weighted by Gasteiger charge is -2.33. The maximum atomic E-state index is 13.2. The van der Waals surface area contributed by atoms with E-state index in [4.69, 9.17) is 21.1 Å². The van der Waals surface area contributed by atoms with E-state index in [1.165, 1.54) is 10.4 Å². The quantitative estimate of drug-likeness (QED) is 0.838. The minimum Gasteiger partial charge on any atom is -0.489 e. The van der Waals surface area contributed by atoms with Crippen molar-refractivity contribution in [2.24, 2.45) is 0 Å². The highest BCUT2D eigenvalue weighted by molar-refractivity contribution is 7.89. The number of benzene rings is 1. The Kier molecular flexibility index (Phi) is 6.22. The number of ether oxygens (including phenoxy) is 2. The number of sulfonamides is 1. The van der Waals surface area contributed by atoms with E-state index >= 15 is 0 Å². The van der Waals surface area contributed by atoms with Gasteiger partial charge in [0.25, 0.3) is 0 Å². The van der Waals surface area contributed by atoms with Crippen molar-refractivity contribution in [2.75, 3.05) is 32.8 Å². The fourth-order valence-corrected chi connectivity index (χ4v) is 5.26. The van der Waals surface area contributed by atoms with Crippen LogP contribution in [0, 0.1) is 0 Å². The summed E-state index contributed by atoms with van der Waals surface area (Å²) in [6.07, 6.45) is 3.12. The molecule has 2 aliphatic rings. The molecule has 2 aliphatic heterocycles. The van der Waals surface area contributed by atoms with Gasteiger partial charge < -0.3 is 14.8 Å². The van der Waals surface area contributed by atoms with Gasteiger partial charge in [0.05, 0.1) is 6.10 Å². The Balaban J connectivity index is 1.82. The molecule has 2 heterocycles. The molecule has 2 unspecified atom stereocenters. The SMILES string of the molecule is CC1CNCCN1S(=O)(=O)c1cc(Cl)ccc1OCC1CCCCO1. The van der Waals surface area contributed by atoms with Crippen LogP contribution in [0.1, 0.15) is 26.2 Å². The molecule has 140 valence electrons. The Bertz CT molecular complexity index is 692. The predicted molar refractivity (Wildman–Crippen MR) is 96.8 cm³/mol. The number of hydrogen-bond acceptors (Lipinski definition) is 5. The molecule has 1 aromatic carbocycles. The smallest absolute Gasteiger partial charge is 0.247 e. The van der Waals surface area contributed by atoms with Gasteiger partial charge in [0.1, 0.15) is 17.3 Å². The lowest BCUT2D eigenvalue weighted by atomic mass is 10.1. The van der Waals surface area contributed by atoms with Crippen molar-refractivity contribution in [1.82, 2.24) is 9.62 Å². The predicted octanol–water partition coefficient (Wildman–Crippen LogP) is 2.27. The molecule has 2 saturated heterocycles. The summed E-state index contributed by atoms with van der Waals surface area (Å²) in [5.74, 6) is 0.337. The first-order valence-corrected chi connectivity index (χ1v) is 10.6. The molecule has 0 aliphatic carbocycles. The van der Waals surface area contributed by atoms with Crippen LogP contribution in [0.4, 0.5) is 0 Å². The maximum Gasteiger partial charge on any atom is 0.247 e.